The van der Waals surface area contributed by atoms with Gasteiger partial charge in [-0.3, -0.25) is 4.79 Å². The first-order valence-corrected chi connectivity index (χ1v) is 6.71. The average Bonchev–Trinajstić information content (AvgIpc) is 2.36. The van der Waals surface area contributed by atoms with Crippen LogP contribution < -0.4 is 5.32 Å². The van der Waals surface area contributed by atoms with E-state index in [1.165, 1.54) is 11.8 Å². The molecule has 98 valence electrons. The van der Waals surface area contributed by atoms with Crippen molar-refractivity contribution in [2.45, 2.75) is 30.4 Å². The highest BCUT2D eigenvalue weighted by Crippen LogP contribution is 2.26. The van der Waals surface area contributed by atoms with Gasteiger partial charge in [0.15, 0.2) is 0 Å². The molecule has 1 rings (SSSR count). The van der Waals surface area contributed by atoms with Crippen LogP contribution >= 0.6 is 11.8 Å². The van der Waals surface area contributed by atoms with E-state index in [1.807, 2.05) is 6.92 Å². The van der Waals surface area contributed by atoms with Crippen molar-refractivity contribution in [1.29, 1.82) is 0 Å². The fourth-order valence-corrected chi connectivity index (χ4v) is 2.39. The molecule has 0 saturated heterocycles. The summed E-state index contributed by atoms with van der Waals surface area (Å²) < 4.78 is 0. The Balaban J connectivity index is 2.72. The molecule has 4 nitrogen and oxygen atoms in total. The topological polar surface area (TPSA) is 66.4 Å². The van der Waals surface area contributed by atoms with Crippen molar-refractivity contribution in [3.63, 3.8) is 0 Å². The van der Waals surface area contributed by atoms with Crippen LogP contribution in [-0.4, -0.2) is 28.8 Å². The molecule has 1 aromatic carbocycles. The molecule has 2 N–H and O–H groups in total. The van der Waals surface area contributed by atoms with Gasteiger partial charge in [0.05, 0.1) is 10.8 Å². The Kier molecular flexibility index (Phi) is 5.71. The highest BCUT2D eigenvalue weighted by Gasteiger charge is 2.17. The Morgan fingerprint density at radius 1 is 1.39 bits per heavy atom. The molecule has 1 atom stereocenters. The van der Waals surface area contributed by atoms with E-state index in [4.69, 9.17) is 5.11 Å². The van der Waals surface area contributed by atoms with Gasteiger partial charge in [-0.15, -0.1) is 11.8 Å². The molecule has 1 aromatic rings. The van der Waals surface area contributed by atoms with E-state index < -0.39 is 5.97 Å². The molecule has 0 heterocycles. The zero-order chi connectivity index (χ0) is 13.5. The summed E-state index contributed by atoms with van der Waals surface area (Å²) in [6, 6.07) is 6.71. The Bertz CT molecular complexity index is 434. The largest absolute Gasteiger partial charge is 0.478 e. The number of amides is 1. The highest BCUT2D eigenvalue weighted by atomic mass is 32.2. The minimum atomic E-state index is -0.973. The molecule has 0 aliphatic heterocycles. The standard InChI is InChI=1S/C13H17NO3S/c1-3-8-14-12(15)9(2)18-11-7-5-4-6-10(11)13(16)17/h4-7,9H,3,8H2,1-2H3,(H,14,15)(H,16,17). The number of carboxylic acid groups (broad SMARTS) is 1. The lowest BCUT2D eigenvalue weighted by Crippen LogP contribution is -2.31. The summed E-state index contributed by atoms with van der Waals surface area (Å²) in [4.78, 5) is 23.4. The van der Waals surface area contributed by atoms with Crippen LogP contribution in [-0.2, 0) is 4.79 Å². The predicted molar refractivity (Wildman–Crippen MR) is 72.0 cm³/mol. The summed E-state index contributed by atoms with van der Waals surface area (Å²) in [5, 5.41) is 11.5. The van der Waals surface area contributed by atoms with Crippen molar-refractivity contribution >= 4 is 23.6 Å². The molecule has 5 heteroatoms. The van der Waals surface area contributed by atoms with Gasteiger partial charge in [0, 0.05) is 11.4 Å². The maximum absolute atomic E-state index is 11.7. The molecule has 0 aromatic heterocycles. The molecule has 1 unspecified atom stereocenters. The fraction of sp³-hybridized carbons (Fsp3) is 0.385. The lowest BCUT2D eigenvalue weighted by Gasteiger charge is -2.12. The van der Waals surface area contributed by atoms with Crippen molar-refractivity contribution in [3.8, 4) is 0 Å². The first-order valence-electron chi connectivity index (χ1n) is 5.83. The van der Waals surface area contributed by atoms with Crippen molar-refractivity contribution < 1.29 is 14.7 Å². The van der Waals surface area contributed by atoms with Gasteiger partial charge in [0.25, 0.3) is 0 Å². The quantitative estimate of drug-likeness (QED) is 0.777. The van der Waals surface area contributed by atoms with Gasteiger partial charge < -0.3 is 10.4 Å². The van der Waals surface area contributed by atoms with Gasteiger partial charge >= 0.3 is 5.97 Å². The van der Waals surface area contributed by atoms with Crippen molar-refractivity contribution in [3.05, 3.63) is 29.8 Å². The molecular weight excluding hydrogens is 250 g/mol. The van der Waals surface area contributed by atoms with Crippen molar-refractivity contribution in [2.75, 3.05) is 6.54 Å². The first kappa shape index (κ1) is 14.6. The zero-order valence-electron chi connectivity index (χ0n) is 10.5. The lowest BCUT2D eigenvalue weighted by molar-refractivity contribution is -0.120. The number of rotatable bonds is 6. The van der Waals surface area contributed by atoms with Gasteiger partial charge in [-0.25, -0.2) is 4.79 Å². The molecule has 0 aliphatic carbocycles. The van der Waals surface area contributed by atoms with E-state index in [0.29, 0.717) is 11.4 Å². The summed E-state index contributed by atoms with van der Waals surface area (Å²) >= 11 is 1.26. The zero-order valence-corrected chi connectivity index (χ0v) is 11.3. The monoisotopic (exact) mass is 267 g/mol. The molecule has 1 amide bonds. The van der Waals surface area contributed by atoms with Crippen molar-refractivity contribution in [1.82, 2.24) is 5.32 Å². The second-order valence-electron chi connectivity index (χ2n) is 3.85. The van der Waals surface area contributed by atoms with E-state index in [2.05, 4.69) is 5.32 Å². The molecule has 0 aliphatic rings. The smallest absolute Gasteiger partial charge is 0.336 e. The van der Waals surface area contributed by atoms with Gasteiger partial charge in [-0.05, 0) is 25.5 Å². The summed E-state index contributed by atoms with van der Waals surface area (Å²) in [5.41, 5.74) is 0.234. The Morgan fingerprint density at radius 3 is 2.67 bits per heavy atom. The number of hydrogen-bond donors (Lipinski definition) is 2. The molecule has 18 heavy (non-hydrogen) atoms. The van der Waals surface area contributed by atoms with Crippen LogP contribution in [0.25, 0.3) is 0 Å². The summed E-state index contributed by atoms with van der Waals surface area (Å²) in [6.07, 6.45) is 0.884. The third kappa shape index (κ3) is 4.07. The molecule has 0 radical (unpaired) electrons. The number of thioether (sulfide) groups is 1. The molecular formula is C13H17NO3S. The van der Waals surface area contributed by atoms with E-state index >= 15 is 0 Å². The summed E-state index contributed by atoms with van der Waals surface area (Å²) in [5.74, 6) is -1.04. The van der Waals surface area contributed by atoms with E-state index in [1.54, 1.807) is 31.2 Å². The van der Waals surface area contributed by atoms with Crippen LogP contribution in [0.3, 0.4) is 0 Å². The maximum atomic E-state index is 11.7. The fourth-order valence-electron chi connectivity index (χ4n) is 1.38. The Morgan fingerprint density at radius 2 is 2.06 bits per heavy atom. The normalized spacial score (nSPS) is 11.9. The number of nitrogens with one attached hydrogen (secondary N) is 1. The number of carboxylic acids is 1. The van der Waals surface area contributed by atoms with Crippen LogP contribution in [0.1, 0.15) is 30.6 Å². The summed E-state index contributed by atoms with van der Waals surface area (Å²) in [7, 11) is 0. The van der Waals surface area contributed by atoms with Crippen LogP contribution in [0.2, 0.25) is 0 Å². The second kappa shape index (κ2) is 7.06. The predicted octanol–water partition coefficient (Wildman–Crippen LogP) is 2.39. The number of benzene rings is 1. The molecule has 0 saturated carbocycles. The number of carbonyl (C=O) groups is 2. The Hall–Kier alpha value is -1.49. The van der Waals surface area contributed by atoms with Gasteiger partial charge in [0.1, 0.15) is 0 Å². The van der Waals surface area contributed by atoms with Gasteiger partial charge in [-0.2, -0.15) is 0 Å². The molecule has 0 spiro atoms. The van der Waals surface area contributed by atoms with Crippen LogP contribution in [0, 0.1) is 0 Å². The SMILES string of the molecule is CCCNC(=O)C(C)Sc1ccccc1C(=O)O. The van der Waals surface area contributed by atoms with E-state index in [9.17, 15) is 9.59 Å². The molecule has 0 fully saturated rings. The Labute approximate surface area is 111 Å². The number of carbonyl (C=O) groups excluding carboxylic acids is 1. The number of hydrogen-bond acceptors (Lipinski definition) is 3. The summed E-state index contributed by atoms with van der Waals surface area (Å²) in [6.45, 7) is 4.40. The van der Waals surface area contributed by atoms with Crippen LogP contribution in [0.5, 0.6) is 0 Å². The second-order valence-corrected chi connectivity index (χ2v) is 5.24. The number of aromatic carboxylic acids is 1. The van der Waals surface area contributed by atoms with Gasteiger partial charge in [0.2, 0.25) is 5.91 Å². The van der Waals surface area contributed by atoms with Crippen LogP contribution in [0.4, 0.5) is 0 Å². The average molecular weight is 267 g/mol. The third-order valence-corrected chi connectivity index (χ3v) is 3.52. The molecule has 0 bridgehead atoms. The minimum absolute atomic E-state index is 0.0676. The minimum Gasteiger partial charge on any atom is -0.478 e. The lowest BCUT2D eigenvalue weighted by atomic mass is 10.2. The van der Waals surface area contributed by atoms with Crippen molar-refractivity contribution in [2.24, 2.45) is 0 Å². The first-order chi connectivity index (χ1) is 8.56. The van der Waals surface area contributed by atoms with E-state index in [-0.39, 0.29) is 16.7 Å². The third-order valence-electron chi connectivity index (χ3n) is 2.34. The highest BCUT2D eigenvalue weighted by molar-refractivity contribution is 8.00. The maximum Gasteiger partial charge on any atom is 0.336 e. The van der Waals surface area contributed by atoms with Gasteiger partial charge in [-0.1, -0.05) is 19.1 Å². The van der Waals surface area contributed by atoms with E-state index in [0.717, 1.165) is 6.42 Å². The van der Waals surface area contributed by atoms with Crippen LogP contribution in [0.15, 0.2) is 29.2 Å².